The minimum Gasteiger partial charge on any atom is -0.347 e. The Labute approximate surface area is 179 Å². The van der Waals surface area contributed by atoms with Gasteiger partial charge in [0.05, 0.1) is 17.6 Å². The van der Waals surface area contributed by atoms with E-state index in [1.165, 1.54) is 16.9 Å². The van der Waals surface area contributed by atoms with Crippen molar-refractivity contribution in [3.8, 4) is 10.7 Å². The van der Waals surface area contributed by atoms with Crippen molar-refractivity contribution in [2.45, 2.75) is 26.3 Å². The lowest BCUT2D eigenvalue weighted by Crippen LogP contribution is -2.22. The number of aromatic nitrogens is 3. The zero-order chi connectivity index (χ0) is 20.8. The predicted molar refractivity (Wildman–Crippen MR) is 119 cm³/mol. The molecule has 2 aromatic carbocycles. The molecular weight excluding hydrogens is 392 g/mol. The molecule has 150 valence electrons. The van der Waals surface area contributed by atoms with E-state index in [1.54, 1.807) is 12.4 Å². The summed E-state index contributed by atoms with van der Waals surface area (Å²) in [6.07, 6.45) is 4.87. The lowest BCUT2D eigenvalue weighted by atomic mass is 10.1. The Kier molecular flexibility index (Phi) is 6.25. The summed E-state index contributed by atoms with van der Waals surface area (Å²) in [6, 6.07) is 20.0. The number of rotatable bonds is 7. The first-order valence-corrected chi connectivity index (χ1v) is 10.7. The minimum absolute atomic E-state index is 0.104. The Morgan fingerprint density at radius 3 is 2.33 bits per heavy atom. The Morgan fingerprint density at radius 1 is 0.933 bits per heavy atom. The molecule has 1 N–H and O–H groups in total. The van der Waals surface area contributed by atoms with E-state index in [0.717, 1.165) is 22.0 Å². The second-order valence-electron chi connectivity index (χ2n) is 6.87. The molecule has 0 aliphatic rings. The zero-order valence-corrected chi connectivity index (χ0v) is 17.5. The molecule has 4 rings (SSSR count). The largest absolute Gasteiger partial charge is 0.347 e. The smallest absolute Gasteiger partial charge is 0.263 e. The molecule has 0 fully saturated rings. The first-order valence-electron chi connectivity index (χ1n) is 9.90. The van der Waals surface area contributed by atoms with Crippen LogP contribution in [0, 0.1) is 0 Å². The van der Waals surface area contributed by atoms with E-state index in [0.29, 0.717) is 30.0 Å². The van der Waals surface area contributed by atoms with Gasteiger partial charge in [0.15, 0.2) is 0 Å². The van der Waals surface area contributed by atoms with Crippen molar-refractivity contribution in [1.29, 1.82) is 0 Å². The molecule has 0 saturated carbocycles. The molecular formula is C24H22N4OS. The third-order valence-corrected chi connectivity index (χ3v) is 5.78. The molecule has 5 nitrogen and oxygen atoms in total. The molecule has 6 heteroatoms. The molecule has 0 aliphatic carbocycles. The maximum absolute atomic E-state index is 12.8. The summed E-state index contributed by atoms with van der Waals surface area (Å²) in [5.41, 5.74) is 4.61. The van der Waals surface area contributed by atoms with Gasteiger partial charge in [0.2, 0.25) is 0 Å². The summed E-state index contributed by atoms with van der Waals surface area (Å²) in [7, 11) is 0. The quantitative estimate of drug-likeness (QED) is 0.477. The van der Waals surface area contributed by atoms with Crippen LogP contribution in [0.15, 0.2) is 73.1 Å². The van der Waals surface area contributed by atoms with Crippen molar-refractivity contribution in [3.05, 3.63) is 100 Å². The number of amides is 1. The number of nitrogens with one attached hydrogen (secondary N) is 1. The van der Waals surface area contributed by atoms with Crippen LogP contribution in [0.2, 0.25) is 0 Å². The van der Waals surface area contributed by atoms with Gasteiger partial charge >= 0.3 is 0 Å². The van der Waals surface area contributed by atoms with Gasteiger partial charge in [-0.3, -0.25) is 9.78 Å². The second kappa shape index (κ2) is 9.41. The zero-order valence-electron chi connectivity index (χ0n) is 16.7. The highest BCUT2D eigenvalue weighted by molar-refractivity contribution is 7.17. The first kappa shape index (κ1) is 19.9. The van der Waals surface area contributed by atoms with E-state index >= 15 is 0 Å². The molecule has 4 aromatic rings. The maximum atomic E-state index is 12.8. The Bertz CT molecular complexity index is 1130. The van der Waals surface area contributed by atoms with Crippen molar-refractivity contribution >= 4 is 17.2 Å². The summed E-state index contributed by atoms with van der Waals surface area (Å²) < 4.78 is 0. The van der Waals surface area contributed by atoms with Crippen molar-refractivity contribution in [3.63, 3.8) is 0 Å². The Morgan fingerprint density at radius 2 is 1.63 bits per heavy atom. The summed E-state index contributed by atoms with van der Waals surface area (Å²) in [5.74, 6) is -0.104. The van der Waals surface area contributed by atoms with Crippen molar-refractivity contribution in [2.75, 3.05) is 0 Å². The topological polar surface area (TPSA) is 67.8 Å². The normalized spacial score (nSPS) is 10.7. The van der Waals surface area contributed by atoms with Gasteiger partial charge in [-0.15, -0.1) is 11.3 Å². The van der Waals surface area contributed by atoms with E-state index in [1.807, 2.05) is 55.5 Å². The minimum atomic E-state index is -0.104. The molecule has 0 saturated heterocycles. The second-order valence-corrected chi connectivity index (χ2v) is 7.87. The van der Waals surface area contributed by atoms with Crippen LogP contribution in [0.1, 0.15) is 39.1 Å². The van der Waals surface area contributed by atoms with Crippen LogP contribution in [-0.4, -0.2) is 20.9 Å². The molecule has 0 atom stereocenters. The van der Waals surface area contributed by atoms with Gasteiger partial charge in [0.1, 0.15) is 15.6 Å². The molecule has 30 heavy (non-hydrogen) atoms. The predicted octanol–water partition coefficient (Wildman–Crippen LogP) is 4.68. The maximum Gasteiger partial charge on any atom is 0.263 e. The number of carbonyl (C=O) groups excluding carboxylic acids is 1. The molecule has 0 bridgehead atoms. The van der Waals surface area contributed by atoms with Gasteiger partial charge < -0.3 is 5.32 Å². The van der Waals surface area contributed by atoms with Crippen LogP contribution >= 0.6 is 11.3 Å². The van der Waals surface area contributed by atoms with Gasteiger partial charge in [-0.25, -0.2) is 9.97 Å². The summed E-state index contributed by atoms with van der Waals surface area (Å²) >= 11 is 1.37. The highest BCUT2D eigenvalue weighted by Crippen LogP contribution is 2.27. The highest BCUT2D eigenvalue weighted by Gasteiger charge is 2.18. The number of aryl methyl sites for hydroxylation is 1. The lowest BCUT2D eigenvalue weighted by Gasteiger charge is -2.04. The van der Waals surface area contributed by atoms with Gasteiger partial charge in [0, 0.05) is 19.2 Å². The summed E-state index contributed by atoms with van der Waals surface area (Å²) in [6.45, 7) is 2.49. The number of hydrogen-bond acceptors (Lipinski definition) is 5. The number of carbonyl (C=O) groups is 1. The van der Waals surface area contributed by atoms with Crippen LogP contribution in [0.3, 0.4) is 0 Å². The fourth-order valence-electron chi connectivity index (χ4n) is 3.14. The van der Waals surface area contributed by atoms with E-state index in [-0.39, 0.29) is 5.91 Å². The molecule has 0 radical (unpaired) electrons. The number of benzene rings is 2. The molecule has 2 aromatic heterocycles. The van der Waals surface area contributed by atoms with Crippen LogP contribution in [0.5, 0.6) is 0 Å². The van der Waals surface area contributed by atoms with Crippen molar-refractivity contribution in [1.82, 2.24) is 20.3 Å². The monoisotopic (exact) mass is 414 g/mol. The van der Waals surface area contributed by atoms with Crippen LogP contribution in [-0.2, 0) is 19.4 Å². The lowest BCUT2D eigenvalue weighted by molar-refractivity contribution is 0.0954. The average molecular weight is 415 g/mol. The van der Waals surface area contributed by atoms with Crippen LogP contribution < -0.4 is 5.32 Å². The summed E-state index contributed by atoms with van der Waals surface area (Å²) in [4.78, 5) is 27.2. The van der Waals surface area contributed by atoms with Crippen LogP contribution in [0.4, 0.5) is 0 Å². The van der Waals surface area contributed by atoms with E-state index in [9.17, 15) is 4.79 Å². The molecule has 0 spiro atoms. The highest BCUT2D eigenvalue weighted by atomic mass is 32.1. The van der Waals surface area contributed by atoms with Crippen molar-refractivity contribution < 1.29 is 4.79 Å². The third-order valence-electron chi connectivity index (χ3n) is 4.67. The van der Waals surface area contributed by atoms with Gasteiger partial charge in [0.25, 0.3) is 5.91 Å². The van der Waals surface area contributed by atoms with Gasteiger partial charge in [-0.2, -0.15) is 0 Å². The molecule has 1 amide bonds. The van der Waals surface area contributed by atoms with E-state index < -0.39 is 0 Å². The number of nitrogens with zero attached hydrogens (tertiary/aromatic N) is 3. The fourth-order valence-corrected chi connectivity index (χ4v) is 4.16. The van der Waals surface area contributed by atoms with Crippen LogP contribution in [0.25, 0.3) is 10.7 Å². The molecule has 2 heterocycles. The molecule has 0 unspecified atom stereocenters. The van der Waals surface area contributed by atoms with Crippen molar-refractivity contribution in [2.24, 2.45) is 0 Å². The summed E-state index contributed by atoms with van der Waals surface area (Å²) in [5, 5.41) is 3.72. The Balaban J connectivity index is 1.53. The number of hydrogen-bond donors (Lipinski definition) is 1. The van der Waals surface area contributed by atoms with Gasteiger partial charge in [-0.1, -0.05) is 67.6 Å². The number of thiazole rings is 1. The average Bonchev–Trinajstić information content (AvgIpc) is 3.24. The fraction of sp³-hybridized carbons (Fsp3) is 0.167. The SMILES string of the molecule is CCc1nc(-c2cncc(Cc3ccccc3)n2)sc1C(=O)NCc1ccccc1. The molecule has 0 aliphatic heterocycles. The van der Waals surface area contributed by atoms with E-state index in [2.05, 4.69) is 27.4 Å². The standard InChI is InChI=1S/C24H22N4OS/c1-2-20-22(23(29)26-14-18-11-7-4-8-12-18)30-24(28-20)21-16-25-15-19(27-21)13-17-9-5-3-6-10-17/h3-12,15-16H,2,13-14H2,1H3,(H,26,29). The first-order chi connectivity index (χ1) is 14.7. The van der Waals surface area contributed by atoms with Gasteiger partial charge in [-0.05, 0) is 17.5 Å². The third kappa shape index (κ3) is 4.78. The van der Waals surface area contributed by atoms with E-state index in [4.69, 9.17) is 4.98 Å². The Hall–Kier alpha value is -3.38.